The Labute approximate surface area is 99.5 Å². The van der Waals surface area contributed by atoms with Crippen molar-refractivity contribution >= 4 is 17.4 Å². The Morgan fingerprint density at radius 2 is 1.81 bits per heavy atom. The molecule has 0 aliphatic rings. The lowest BCUT2D eigenvalue weighted by molar-refractivity contribution is 1.13. The molecule has 16 heavy (non-hydrogen) atoms. The van der Waals surface area contributed by atoms with Crippen LogP contribution in [0.4, 0.5) is 5.82 Å². The molecule has 4 heteroatoms. The monoisotopic (exact) mass is 233 g/mol. The fourth-order valence-electron chi connectivity index (χ4n) is 1.60. The van der Waals surface area contributed by atoms with E-state index in [1.165, 1.54) is 0 Å². The fraction of sp³-hybridized carbons (Fsp3) is 0.167. The molecule has 0 atom stereocenters. The smallest absolute Gasteiger partial charge is 0.132 e. The van der Waals surface area contributed by atoms with Gasteiger partial charge in [-0.2, -0.15) is 0 Å². The second-order valence-electron chi connectivity index (χ2n) is 3.45. The summed E-state index contributed by atoms with van der Waals surface area (Å²) in [6.45, 7) is 2.00. The Hall–Kier alpha value is -1.61. The van der Waals surface area contributed by atoms with Gasteiger partial charge in [-0.3, -0.25) is 0 Å². The quantitative estimate of drug-likeness (QED) is 0.866. The summed E-state index contributed by atoms with van der Waals surface area (Å²) < 4.78 is 0. The molecule has 1 heterocycles. The van der Waals surface area contributed by atoms with Crippen LogP contribution in [0.3, 0.4) is 0 Å². The number of aromatic nitrogens is 2. The SMILES string of the molecule is CNc1ncnc(-c2ccc(Cl)cc2)c1C. The zero-order chi connectivity index (χ0) is 11.5. The van der Waals surface area contributed by atoms with E-state index in [0.29, 0.717) is 0 Å². The molecular formula is C12H12ClN3. The second-order valence-corrected chi connectivity index (χ2v) is 3.89. The number of benzene rings is 1. The number of hydrogen-bond acceptors (Lipinski definition) is 3. The Morgan fingerprint density at radius 1 is 1.12 bits per heavy atom. The van der Waals surface area contributed by atoms with E-state index in [1.807, 2.05) is 38.2 Å². The van der Waals surface area contributed by atoms with Crippen LogP contribution in [-0.2, 0) is 0 Å². The van der Waals surface area contributed by atoms with E-state index >= 15 is 0 Å². The van der Waals surface area contributed by atoms with E-state index in [1.54, 1.807) is 6.33 Å². The molecule has 0 radical (unpaired) electrons. The molecule has 0 unspecified atom stereocenters. The minimum Gasteiger partial charge on any atom is -0.373 e. The average Bonchev–Trinajstić information content (AvgIpc) is 2.31. The third-order valence-corrected chi connectivity index (χ3v) is 2.69. The first-order chi connectivity index (χ1) is 7.72. The zero-order valence-electron chi connectivity index (χ0n) is 9.16. The van der Waals surface area contributed by atoms with Crippen molar-refractivity contribution in [3.8, 4) is 11.3 Å². The van der Waals surface area contributed by atoms with Crippen LogP contribution in [-0.4, -0.2) is 17.0 Å². The lowest BCUT2D eigenvalue weighted by Gasteiger charge is -2.08. The third-order valence-electron chi connectivity index (χ3n) is 2.44. The number of halogens is 1. The molecule has 1 N–H and O–H groups in total. The lowest BCUT2D eigenvalue weighted by Crippen LogP contribution is -1.99. The molecule has 0 saturated carbocycles. The number of rotatable bonds is 2. The van der Waals surface area contributed by atoms with Crippen LogP contribution in [0, 0.1) is 6.92 Å². The Morgan fingerprint density at radius 3 is 2.44 bits per heavy atom. The topological polar surface area (TPSA) is 37.8 Å². The minimum absolute atomic E-state index is 0.726. The van der Waals surface area contributed by atoms with E-state index in [2.05, 4.69) is 15.3 Å². The molecule has 3 nitrogen and oxygen atoms in total. The van der Waals surface area contributed by atoms with Crippen LogP contribution < -0.4 is 5.32 Å². The highest BCUT2D eigenvalue weighted by Crippen LogP contribution is 2.25. The number of anilines is 1. The molecule has 0 bridgehead atoms. The molecule has 0 spiro atoms. The molecule has 0 amide bonds. The van der Waals surface area contributed by atoms with Crippen molar-refractivity contribution in [3.63, 3.8) is 0 Å². The molecule has 82 valence electrons. The molecule has 2 aromatic rings. The van der Waals surface area contributed by atoms with Crippen LogP contribution in [0.15, 0.2) is 30.6 Å². The van der Waals surface area contributed by atoms with Crippen LogP contribution in [0.5, 0.6) is 0 Å². The Bertz CT molecular complexity index is 494. The van der Waals surface area contributed by atoms with Crippen molar-refractivity contribution in [1.29, 1.82) is 0 Å². The van der Waals surface area contributed by atoms with Gasteiger partial charge in [0.25, 0.3) is 0 Å². The van der Waals surface area contributed by atoms with Crippen molar-refractivity contribution in [3.05, 3.63) is 41.2 Å². The molecule has 0 aliphatic carbocycles. The van der Waals surface area contributed by atoms with Crippen molar-refractivity contribution in [1.82, 2.24) is 9.97 Å². The summed E-state index contributed by atoms with van der Waals surface area (Å²) in [4.78, 5) is 8.44. The van der Waals surface area contributed by atoms with Crippen LogP contribution >= 0.6 is 11.6 Å². The zero-order valence-corrected chi connectivity index (χ0v) is 9.92. The lowest BCUT2D eigenvalue weighted by atomic mass is 10.1. The molecule has 1 aromatic carbocycles. The molecule has 0 aliphatic heterocycles. The van der Waals surface area contributed by atoms with Gasteiger partial charge in [-0.25, -0.2) is 9.97 Å². The van der Waals surface area contributed by atoms with Crippen molar-refractivity contribution in [2.45, 2.75) is 6.92 Å². The van der Waals surface area contributed by atoms with Crippen LogP contribution in [0.25, 0.3) is 11.3 Å². The molecule has 2 rings (SSSR count). The maximum atomic E-state index is 5.85. The first kappa shape index (κ1) is 10.9. The maximum absolute atomic E-state index is 5.85. The summed E-state index contributed by atoms with van der Waals surface area (Å²) in [5, 5.41) is 3.77. The standard InChI is InChI=1S/C12H12ClN3/c1-8-11(15-7-16-12(8)14-2)9-3-5-10(13)6-4-9/h3-7H,1-2H3,(H,14,15,16). The molecule has 0 fully saturated rings. The second kappa shape index (κ2) is 4.49. The van der Waals surface area contributed by atoms with E-state index in [4.69, 9.17) is 11.6 Å². The van der Waals surface area contributed by atoms with Gasteiger partial charge in [-0.15, -0.1) is 0 Å². The highest BCUT2D eigenvalue weighted by atomic mass is 35.5. The predicted octanol–water partition coefficient (Wildman–Crippen LogP) is 3.15. The summed E-state index contributed by atoms with van der Waals surface area (Å²) >= 11 is 5.85. The molecular weight excluding hydrogens is 222 g/mol. The molecule has 0 saturated heterocycles. The van der Waals surface area contributed by atoms with E-state index in [0.717, 1.165) is 27.7 Å². The van der Waals surface area contributed by atoms with Gasteiger partial charge in [-0.1, -0.05) is 23.7 Å². The summed E-state index contributed by atoms with van der Waals surface area (Å²) in [6.07, 6.45) is 1.56. The van der Waals surface area contributed by atoms with Gasteiger partial charge in [0, 0.05) is 23.2 Å². The average molecular weight is 234 g/mol. The Balaban J connectivity index is 2.51. The summed E-state index contributed by atoms with van der Waals surface area (Å²) in [5.41, 5.74) is 3.00. The highest BCUT2D eigenvalue weighted by molar-refractivity contribution is 6.30. The first-order valence-electron chi connectivity index (χ1n) is 4.97. The van der Waals surface area contributed by atoms with E-state index < -0.39 is 0 Å². The van der Waals surface area contributed by atoms with Gasteiger partial charge in [0.2, 0.25) is 0 Å². The highest BCUT2D eigenvalue weighted by Gasteiger charge is 2.07. The fourth-order valence-corrected chi connectivity index (χ4v) is 1.73. The van der Waals surface area contributed by atoms with Crippen molar-refractivity contribution in [2.24, 2.45) is 0 Å². The van der Waals surface area contributed by atoms with Gasteiger partial charge < -0.3 is 5.32 Å². The van der Waals surface area contributed by atoms with Gasteiger partial charge in [0.1, 0.15) is 12.1 Å². The van der Waals surface area contributed by atoms with E-state index in [9.17, 15) is 0 Å². The van der Waals surface area contributed by atoms with Gasteiger partial charge in [0.15, 0.2) is 0 Å². The largest absolute Gasteiger partial charge is 0.373 e. The Kier molecular flexibility index (Phi) is 3.06. The molecule has 1 aromatic heterocycles. The number of nitrogens with one attached hydrogen (secondary N) is 1. The van der Waals surface area contributed by atoms with Crippen molar-refractivity contribution < 1.29 is 0 Å². The summed E-state index contributed by atoms with van der Waals surface area (Å²) in [7, 11) is 1.85. The van der Waals surface area contributed by atoms with Crippen LogP contribution in [0.2, 0.25) is 5.02 Å². The van der Waals surface area contributed by atoms with Crippen LogP contribution in [0.1, 0.15) is 5.56 Å². The van der Waals surface area contributed by atoms with Gasteiger partial charge in [-0.05, 0) is 19.1 Å². The first-order valence-corrected chi connectivity index (χ1v) is 5.35. The summed E-state index contributed by atoms with van der Waals surface area (Å²) in [5.74, 6) is 0.847. The number of hydrogen-bond donors (Lipinski definition) is 1. The minimum atomic E-state index is 0.726. The normalized spacial score (nSPS) is 10.2. The summed E-state index contributed by atoms with van der Waals surface area (Å²) in [6, 6.07) is 7.63. The number of nitrogens with zero attached hydrogens (tertiary/aromatic N) is 2. The third kappa shape index (κ3) is 1.99. The van der Waals surface area contributed by atoms with Gasteiger partial charge in [0.05, 0.1) is 5.69 Å². The predicted molar refractivity (Wildman–Crippen MR) is 66.8 cm³/mol. The van der Waals surface area contributed by atoms with E-state index in [-0.39, 0.29) is 0 Å². The van der Waals surface area contributed by atoms with Crippen molar-refractivity contribution in [2.75, 3.05) is 12.4 Å². The maximum Gasteiger partial charge on any atom is 0.132 e. The van der Waals surface area contributed by atoms with Gasteiger partial charge >= 0.3 is 0 Å².